The molecular weight excluding hydrogens is 452 g/mol. The van der Waals surface area contributed by atoms with Crippen LogP contribution in [0.5, 0.6) is 5.75 Å². The van der Waals surface area contributed by atoms with Crippen LogP contribution in [0, 0.1) is 0 Å². The van der Waals surface area contributed by atoms with Crippen LogP contribution >= 0.6 is 11.6 Å². The number of Topliss-reactive ketones (excluding diaryl/α,β-unsaturated/α-hetero) is 1. The van der Waals surface area contributed by atoms with Crippen molar-refractivity contribution in [1.29, 1.82) is 0 Å². The van der Waals surface area contributed by atoms with Crippen molar-refractivity contribution in [3.63, 3.8) is 0 Å². The van der Waals surface area contributed by atoms with E-state index in [9.17, 15) is 14.7 Å². The van der Waals surface area contributed by atoms with Gasteiger partial charge >= 0.3 is 0 Å². The second-order valence-electron chi connectivity index (χ2n) is 9.07. The van der Waals surface area contributed by atoms with E-state index in [4.69, 9.17) is 16.3 Å². The van der Waals surface area contributed by atoms with Gasteiger partial charge in [0.05, 0.1) is 23.4 Å². The van der Waals surface area contributed by atoms with Crippen LogP contribution in [0.15, 0.2) is 72.4 Å². The first-order valence-electron chi connectivity index (χ1n) is 10.8. The molecule has 1 aromatic heterocycles. The van der Waals surface area contributed by atoms with E-state index in [0.29, 0.717) is 27.7 Å². The number of aromatic nitrogens is 1. The van der Waals surface area contributed by atoms with E-state index in [1.807, 2.05) is 24.3 Å². The summed E-state index contributed by atoms with van der Waals surface area (Å²) < 4.78 is 5.25. The Balaban J connectivity index is 1.90. The number of amides is 1. The predicted molar refractivity (Wildman–Crippen MR) is 132 cm³/mol. The molecule has 2 aromatic carbocycles. The van der Waals surface area contributed by atoms with Crippen LogP contribution in [0.1, 0.15) is 43.6 Å². The van der Waals surface area contributed by atoms with E-state index < -0.39 is 17.7 Å². The molecule has 3 aromatic rings. The number of aliphatic hydroxyl groups is 1. The largest absolute Gasteiger partial charge is 0.507 e. The number of carbonyl (C=O) groups is 2. The monoisotopic (exact) mass is 476 g/mol. The van der Waals surface area contributed by atoms with Gasteiger partial charge in [-0.15, -0.1) is 0 Å². The van der Waals surface area contributed by atoms with Crippen LogP contribution in [0.25, 0.3) is 5.76 Å². The summed E-state index contributed by atoms with van der Waals surface area (Å²) in [6.07, 6.45) is 1.59. The highest BCUT2D eigenvalue weighted by Crippen LogP contribution is 2.42. The topological polar surface area (TPSA) is 79.7 Å². The lowest BCUT2D eigenvalue weighted by Crippen LogP contribution is -2.30. The van der Waals surface area contributed by atoms with Crippen LogP contribution in [-0.4, -0.2) is 28.9 Å². The van der Waals surface area contributed by atoms with Gasteiger partial charge in [0.1, 0.15) is 17.6 Å². The number of methoxy groups -OCH3 is 1. The number of hydrogen-bond acceptors (Lipinski definition) is 5. The number of nitrogens with zero attached hydrogens (tertiary/aromatic N) is 2. The number of carbonyl (C=O) groups excluding carboxylic acids is 2. The molecule has 7 heteroatoms. The van der Waals surface area contributed by atoms with Gasteiger partial charge in [-0.05, 0) is 53.4 Å². The van der Waals surface area contributed by atoms with Crippen LogP contribution in [0.2, 0.25) is 5.02 Å². The second kappa shape index (κ2) is 8.95. The molecule has 4 rings (SSSR count). The lowest BCUT2D eigenvalue weighted by molar-refractivity contribution is -0.132. The molecule has 174 valence electrons. The number of benzene rings is 2. The fourth-order valence-electron chi connectivity index (χ4n) is 4.00. The van der Waals surface area contributed by atoms with Gasteiger partial charge in [-0.1, -0.05) is 50.6 Å². The van der Waals surface area contributed by atoms with Gasteiger partial charge in [0.25, 0.3) is 11.7 Å². The molecular formula is C27H25ClN2O4. The number of aliphatic hydroxyl groups excluding tert-OH is 1. The van der Waals surface area contributed by atoms with Crippen molar-refractivity contribution in [3.05, 3.63) is 94.3 Å². The first-order valence-corrected chi connectivity index (χ1v) is 11.2. The van der Waals surface area contributed by atoms with Crippen molar-refractivity contribution in [1.82, 2.24) is 4.98 Å². The minimum absolute atomic E-state index is 0.0482. The third-order valence-corrected chi connectivity index (χ3v) is 6.16. The molecule has 2 heterocycles. The van der Waals surface area contributed by atoms with E-state index in [-0.39, 0.29) is 16.7 Å². The highest BCUT2D eigenvalue weighted by Gasteiger charge is 2.47. The number of ketones is 1. The molecule has 1 saturated heterocycles. The molecule has 1 fully saturated rings. The molecule has 1 atom stereocenters. The maximum atomic E-state index is 13.3. The smallest absolute Gasteiger partial charge is 0.300 e. The minimum Gasteiger partial charge on any atom is -0.507 e. The summed E-state index contributed by atoms with van der Waals surface area (Å²) in [6, 6.07) is 16.5. The number of halogens is 1. The predicted octanol–water partition coefficient (Wildman–Crippen LogP) is 5.67. The molecule has 1 unspecified atom stereocenters. The molecule has 0 saturated carbocycles. The molecule has 1 aliphatic heterocycles. The standard InChI is InChI=1S/C27H25ClN2O4/c1-27(2,3)17-9-11-18(12-10-17)30-23(20-7-5-6-14-29-20)22(25(32)26(30)33)24(31)16-8-13-19(28)21(15-16)34-4/h5-15,23,31H,1-4H3/b24-22-. The first-order chi connectivity index (χ1) is 16.1. The van der Waals surface area contributed by atoms with Crippen molar-refractivity contribution in [2.75, 3.05) is 12.0 Å². The zero-order valence-electron chi connectivity index (χ0n) is 19.4. The molecule has 0 bridgehead atoms. The maximum absolute atomic E-state index is 13.3. The van der Waals surface area contributed by atoms with Gasteiger partial charge < -0.3 is 9.84 Å². The highest BCUT2D eigenvalue weighted by molar-refractivity contribution is 6.51. The van der Waals surface area contributed by atoms with Crippen LogP contribution in [0.3, 0.4) is 0 Å². The minimum atomic E-state index is -0.900. The quantitative estimate of drug-likeness (QED) is 0.298. The van der Waals surface area contributed by atoms with Crippen molar-refractivity contribution >= 4 is 34.7 Å². The lowest BCUT2D eigenvalue weighted by atomic mass is 9.87. The zero-order valence-corrected chi connectivity index (χ0v) is 20.1. The van der Waals surface area contributed by atoms with Gasteiger partial charge in [-0.2, -0.15) is 0 Å². The fourth-order valence-corrected chi connectivity index (χ4v) is 4.20. The molecule has 1 N–H and O–H groups in total. The van der Waals surface area contributed by atoms with E-state index in [1.165, 1.54) is 18.1 Å². The number of hydrogen-bond donors (Lipinski definition) is 1. The summed E-state index contributed by atoms with van der Waals surface area (Å²) in [7, 11) is 1.46. The molecule has 0 radical (unpaired) electrons. The van der Waals surface area contributed by atoms with Gasteiger partial charge in [0, 0.05) is 17.4 Å². The Kier molecular flexibility index (Phi) is 6.19. The van der Waals surface area contributed by atoms with E-state index in [2.05, 4.69) is 25.8 Å². The lowest BCUT2D eigenvalue weighted by Gasteiger charge is -2.26. The summed E-state index contributed by atoms with van der Waals surface area (Å²) in [5.41, 5.74) is 2.29. The van der Waals surface area contributed by atoms with Crippen molar-refractivity contribution in [3.8, 4) is 5.75 Å². The summed E-state index contributed by atoms with van der Waals surface area (Å²) in [6.45, 7) is 6.30. The Bertz CT molecular complexity index is 1280. The first kappa shape index (κ1) is 23.5. The van der Waals surface area contributed by atoms with Crippen molar-refractivity contribution in [2.45, 2.75) is 32.2 Å². The highest BCUT2D eigenvalue weighted by atomic mass is 35.5. The number of anilines is 1. The van der Waals surface area contributed by atoms with Gasteiger partial charge in [0.2, 0.25) is 0 Å². The summed E-state index contributed by atoms with van der Waals surface area (Å²) in [4.78, 5) is 32.3. The average Bonchev–Trinajstić information content (AvgIpc) is 3.09. The SMILES string of the molecule is COc1cc(/C(O)=C2/C(=O)C(=O)N(c3ccc(C(C)(C)C)cc3)C2c2ccccn2)ccc1Cl. The maximum Gasteiger partial charge on any atom is 0.300 e. The number of ether oxygens (including phenoxy) is 1. The Hall–Kier alpha value is -3.64. The van der Waals surface area contributed by atoms with Crippen molar-refractivity contribution < 1.29 is 19.4 Å². The average molecular weight is 477 g/mol. The van der Waals surface area contributed by atoms with Crippen molar-refractivity contribution in [2.24, 2.45) is 0 Å². The molecule has 1 aliphatic rings. The van der Waals surface area contributed by atoms with E-state index >= 15 is 0 Å². The summed E-state index contributed by atoms with van der Waals surface area (Å²) in [5, 5.41) is 11.6. The second-order valence-corrected chi connectivity index (χ2v) is 9.48. The van der Waals surface area contributed by atoms with Crippen LogP contribution < -0.4 is 9.64 Å². The van der Waals surface area contributed by atoms with Gasteiger partial charge in [-0.25, -0.2) is 0 Å². The Labute approximate surface area is 203 Å². The molecule has 6 nitrogen and oxygen atoms in total. The summed E-state index contributed by atoms with van der Waals surface area (Å²) in [5.74, 6) is -1.51. The van der Waals surface area contributed by atoms with Crippen LogP contribution in [-0.2, 0) is 15.0 Å². The molecule has 0 aliphatic carbocycles. The molecule has 34 heavy (non-hydrogen) atoms. The third-order valence-electron chi connectivity index (χ3n) is 5.85. The molecule has 1 amide bonds. The normalized spacial score (nSPS) is 17.8. The van der Waals surface area contributed by atoms with E-state index in [0.717, 1.165) is 5.56 Å². The Morgan fingerprint density at radius 2 is 1.76 bits per heavy atom. The van der Waals surface area contributed by atoms with Gasteiger partial charge in [0.15, 0.2) is 0 Å². The molecule has 0 spiro atoms. The van der Waals surface area contributed by atoms with E-state index in [1.54, 1.807) is 36.5 Å². The van der Waals surface area contributed by atoms with Crippen LogP contribution in [0.4, 0.5) is 5.69 Å². The fraction of sp³-hybridized carbons (Fsp3) is 0.222. The zero-order chi connectivity index (χ0) is 24.6. The third kappa shape index (κ3) is 4.17. The Morgan fingerprint density at radius 1 is 1.06 bits per heavy atom. The number of pyridine rings is 1. The Morgan fingerprint density at radius 3 is 2.35 bits per heavy atom. The summed E-state index contributed by atoms with van der Waals surface area (Å²) >= 11 is 6.12. The number of rotatable bonds is 4. The van der Waals surface area contributed by atoms with Gasteiger partial charge in [-0.3, -0.25) is 19.5 Å².